The van der Waals surface area contributed by atoms with E-state index >= 15 is 0 Å². The average molecular weight is 393 g/mol. The maximum absolute atomic E-state index is 13.7. The first-order valence-electron chi connectivity index (χ1n) is 5.35. The van der Waals surface area contributed by atoms with Crippen LogP contribution in [0, 0.1) is 22.1 Å². The van der Waals surface area contributed by atoms with Crippen LogP contribution in [0.1, 0.15) is 21.5 Å². The lowest BCUT2D eigenvalue weighted by Crippen LogP contribution is -2.06. The molecule has 5 heteroatoms. The van der Waals surface area contributed by atoms with Crippen molar-refractivity contribution in [1.82, 2.24) is 0 Å². The van der Waals surface area contributed by atoms with E-state index in [2.05, 4.69) is 0 Å². The van der Waals surface area contributed by atoms with Crippen LogP contribution in [-0.4, -0.2) is 5.78 Å². The molecule has 0 saturated heterocycles. The molecule has 0 aliphatic rings. The van der Waals surface area contributed by atoms with Crippen LogP contribution in [-0.2, 0) is 0 Å². The third-order valence-electron chi connectivity index (χ3n) is 2.67. The SMILES string of the molecule is Cc1cc(F)c(C(=O)c2ccc(I)c(Cl)c2)cc1F. The van der Waals surface area contributed by atoms with Crippen molar-refractivity contribution in [3.63, 3.8) is 0 Å². The number of benzene rings is 2. The van der Waals surface area contributed by atoms with Gasteiger partial charge in [0, 0.05) is 9.13 Å². The molecule has 0 saturated carbocycles. The molecule has 2 aromatic carbocycles. The van der Waals surface area contributed by atoms with Crippen molar-refractivity contribution in [2.75, 3.05) is 0 Å². The zero-order valence-electron chi connectivity index (χ0n) is 9.81. The smallest absolute Gasteiger partial charge is 0.196 e. The van der Waals surface area contributed by atoms with E-state index in [0.29, 0.717) is 5.02 Å². The lowest BCUT2D eigenvalue weighted by atomic mass is 10.0. The number of hydrogen-bond donors (Lipinski definition) is 0. The van der Waals surface area contributed by atoms with Crippen molar-refractivity contribution in [3.05, 3.63) is 67.2 Å². The molecule has 0 bridgehead atoms. The molecule has 98 valence electrons. The summed E-state index contributed by atoms with van der Waals surface area (Å²) in [5.74, 6) is -1.94. The van der Waals surface area contributed by atoms with Crippen LogP contribution in [0.5, 0.6) is 0 Å². The van der Waals surface area contributed by atoms with Gasteiger partial charge in [-0.15, -0.1) is 0 Å². The molecule has 19 heavy (non-hydrogen) atoms. The monoisotopic (exact) mass is 392 g/mol. The highest BCUT2D eigenvalue weighted by molar-refractivity contribution is 14.1. The molecule has 2 rings (SSSR count). The Bertz CT molecular complexity index is 671. The van der Waals surface area contributed by atoms with Crippen LogP contribution in [0.3, 0.4) is 0 Å². The number of halogens is 4. The molecule has 0 aliphatic carbocycles. The third-order valence-corrected chi connectivity index (χ3v) is 4.25. The van der Waals surface area contributed by atoms with E-state index in [1.54, 1.807) is 6.07 Å². The standard InChI is InChI=1S/C14H8ClF2IO/c1-7-4-12(17)9(6-11(7)16)14(19)8-2-3-13(18)10(15)5-8/h2-6H,1H3. The van der Waals surface area contributed by atoms with E-state index in [4.69, 9.17) is 11.6 Å². The largest absolute Gasteiger partial charge is 0.288 e. The maximum atomic E-state index is 13.7. The van der Waals surface area contributed by atoms with Gasteiger partial charge in [0.1, 0.15) is 11.6 Å². The van der Waals surface area contributed by atoms with Crippen LogP contribution >= 0.6 is 34.2 Å². The molecule has 1 nitrogen and oxygen atoms in total. The fraction of sp³-hybridized carbons (Fsp3) is 0.0714. The van der Waals surface area contributed by atoms with E-state index < -0.39 is 17.4 Å². The second-order valence-corrected chi connectivity index (χ2v) is 5.61. The first kappa shape index (κ1) is 14.4. The molecule has 0 fully saturated rings. The van der Waals surface area contributed by atoms with Gasteiger partial charge in [-0.25, -0.2) is 8.78 Å². The molecule has 0 amide bonds. The third kappa shape index (κ3) is 2.95. The molecular weight excluding hydrogens is 385 g/mol. The van der Waals surface area contributed by atoms with E-state index in [0.717, 1.165) is 15.7 Å². The number of carbonyl (C=O) groups excluding carboxylic acids is 1. The summed E-state index contributed by atoms with van der Waals surface area (Å²) in [7, 11) is 0. The fourth-order valence-corrected chi connectivity index (χ4v) is 2.13. The second-order valence-electron chi connectivity index (χ2n) is 4.04. The van der Waals surface area contributed by atoms with E-state index in [1.165, 1.54) is 19.1 Å². The Morgan fingerprint density at radius 2 is 1.84 bits per heavy atom. The summed E-state index contributed by atoms with van der Waals surface area (Å²) in [6, 6.07) is 6.56. The lowest BCUT2D eigenvalue weighted by molar-refractivity contribution is 0.103. The maximum Gasteiger partial charge on any atom is 0.196 e. The Morgan fingerprint density at radius 3 is 2.47 bits per heavy atom. The highest BCUT2D eigenvalue weighted by Crippen LogP contribution is 2.23. The minimum atomic E-state index is -0.737. The molecule has 0 spiro atoms. The topological polar surface area (TPSA) is 17.1 Å². The zero-order valence-corrected chi connectivity index (χ0v) is 12.7. The number of hydrogen-bond acceptors (Lipinski definition) is 1. The summed E-state index contributed by atoms with van der Waals surface area (Å²) in [5.41, 5.74) is 0.0997. The van der Waals surface area contributed by atoms with Gasteiger partial charge >= 0.3 is 0 Å². The average Bonchev–Trinajstić information content (AvgIpc) is 2.36. The summed E-state index contributed by atoms with van der Waals surface area (Å²) >= 11 is 7.93. The van der Waals surface area contributed by atoms with Crippen molar-refractivity contribution in [2.24, 2.45) is 0 Å². The minimum Gasteiger partial charge on any atom is -0.288 e. The van der Waals surface area contributed by atoms with Gasteiger partial charge in [-0.1, -0.05) is 11.6 Å². The number of aryl methyl sites for hydroxylation is 1. The predicted molar refractivity (Wildman–Crippen MR) is 78.7 cm³/mol. The van der Waals surface area contributed by atoms with Crippen molar-refractivity contribution >= 4 is 40.0 Å². The highest BCUT2D eigenvalue weighted by atomic mass is 127. The predicted octanol–water partition coefficient (Wildman–Crippen LogP) is 4.76. The van der Waals surface area contributed by atoms with Crippen LogP contribution in [0.15, 0.2) is 30.3 Å². The van der Waals surface area contributed by atoms with Gasteiger partial charge < -0.3 is 0 Å². The normalized spacial score (nSPS) is 10.6. The molecule has 0 aromatic heterocycles. The lowest BCUT2D eigenvalue weighted by Gasteiger charge is -2.06. The van der Waals surface area contributed by atoms with Gasteiger partial charge in [0.2, 0.25) is 0 Å². The summed E-state index contributed by atoms with van der Waals surface area (Å²) in [6.07, 6.45) is 0. The highest BCUT2D eigenvalue weighted by Gasteiger charge is 2.17. The molecule has 2 aromatic rings. The van der Waals surface area contributed by atoms with Crippen LogP contribution in [0.4, 0.5) is 8.78 Å². The molecule has 0 atom stereocenters. The summed E-state index contributed by atoms with van der Waals surface area (Å²) < 4.78 is 27.9. The molecule has 0 heterocycles. The molecular formula is C14H8ClF2IO. The van der Waals surface area contributed by atoms with Gasteiger partial charge in [0.15, 0.2) is 5.78 Å². The molecule has 0 unspecified atom stereocenters. The Morgan fingerprint density at radius 1 is 1.16 bits per heavy atom. The Balaban J connectivity index is 2.49. The second kappa shape index (κ2) is 5.54. The summed E-state index contributed by atoms with van der Waals surface area (Å²) in [5, 5.41) is 0.402. The van der Waals surface area contributed by atoms with E-state index in [9.17, 15) is 13.6 Å². The zero-order chi connectivity index (χ0) is 14.2. The number of rotatable bonds is 2. The Kier molecular flexibility index (Phi) is 4.20. The van der Waals surface area contributed by atoms with Gasteiger partial charge in [0.05, 0.1) is 10.6 Å². The summed E-state index contributed by atoms with van der Waals surface area (Å²) in [4.78, 5) is 12.1. The first-order valence-corrected chi connectivity index (χ1v) is 6.81. The molecule has 0 radical (unpaired) electrons. The summed E-state index contributed by atoms with van der Waals surface area (Å²) in [6.45, 7) is 1.44. The Labute approximate surface area is 127 Å². The van der Waals surface area contributed by atoms with Crippen LogP contribution < -0.4 is 0 Å². The molecule has 0 N–H and O–H groups in total. The van der Waals surface area contributed by atoms with Crippen molar-refractivity contribution in [1.29, 1.82) is 0 Å². The van der Waals surface area contributed by atoms with E-state index in [1.807, 2.05) is 22.6 Å². The Hall–Kier alpha value is -1.01. The van der Waals surface area contributed by atoms with Crippen LogP contribution in [0.2, 0.25) is 5.02 Å². The quantitative estimate of drug-likeness (QED) is 0.532. The fourth-order valence-electron chi connectivity index (χ4n) is 1.61. The first-order chi connectivity index (χ1) is 8.90. The van der Waals surface area contributed by atoms with E-state index in [-0.39, 0.29) is 16.7 Å². The van der Waals surface area contributed by atoms with Gasteiger partial charge in [0.25, 0.3) is 0 Å². The van der Waals surface area contributed by atoms with Crippen molar-refractivity contribution in [3.8, 4) is 0 Å². The van der Waals surface area contributed by atoms with Crippen molar-refractivity contribution < 1.29 is 13.6 Å². The van der Waals surface area contributed by atoms with Crippen molar-refractivity contribution in [2.45, 2.75) is 6.92 Å². The van der Waals surface area contributed by atoms with Crippen LogP contribution in [0.25, 0.3) is 0 Å². The number of ketones is 1. The van der Waals surface area contributed by atoms with Gasteiger partial charge in [-0.05, 0) is 65.4 Å². The van der Waals surface area contributed by atoms with Gasteiger partial charge in [-0.3, -0.25) is 4.79 Å². The minimum absolute atomic E-state index is 0.162. The number of carbonyl (C=O) groups is 1. The van der Waals surface area contributed by atoms with Gasteiger partial charge in [-0.2, -0.15) is 0 Å². The molecule has 0 aliphatic heterocycles.